The van der Waals surface area contributed by atoms with Crippen LogP contribution in [0.1, 0.15) is 22.8 Å². The van der Waals surface area contributed by atoms with E-state index in [2.05, 4.69) is 5.32 Å². The lowest BCUT2D eigenvalue weighted by Crippen LogP contribution is -2.41. The summed E-state index contributed by atoms with van der Waals surface area (Å²) in [5, 5.41) is 12.5. The molecule has 122 valence electrons. The van der Waals surface area contributed by atoms with E-state index in [1.807, 2.05) is 0 Å². The lowest BCUT2D eigenvalue weighted by Gasteiger charge is -2.29. The Kier molecular flexibility index (Phi) is 3.98. The maximum absolute atomic E-state index is 15.5. The van der Waals surface area contributed by atoms with Crippen molar-refractivity contribution in [1.82, 2.24) is 5.32 Å². The van der Waals surface area contributed by atoms with Gasteiger partial charge in [0.25, 0.3) is 0 Å². The van der Waals surface area contributed by atoms with Gasteiger partial charge < -0.3 is 15.2 Å². The molecule has 2 N–H and O–H groups in total. The molecule has 0 saturated heterocycles. The summed E-state index contributed by atoms with van der Waals surface area (Å²) in [4.78, 5) is 0. The van der Waals surface area contributed by atoms with Crippen LogP contribution in [-0.2, 0) is 6.42 Å². The van der Waals surface area contributed by atoms with E-state index in [-0.39, 0.29) is 24.5 Å². The molecule has 0 fully saturated rings. The molecule has 0 heterocycles. The van der Waals surface area contributed by atoms with Crippen LogP contribution < -0.4 is 10.1 Å². The molecule has 1 aliphatic carbocycles. The molecule has 2 unspecified atom stereocenters. The van der Waals surface area contributed by atoms with Crippen LogP contribution in [-0.4, -0.2) is 24.4 Å². The van der Waals surface area contributed by atoms with Crippen LogP contribution in [0.15, 0.2) is 36.4 Å². The molecule has 1 aliphatic rings. The Hall–Kier alpha value is -2.14. The fourth-order valence-electron chi connectivity index (χ4n) is 3.15. The molecule has 0 amide bonds. The van der Waals surface area contributed by atoms with E-state index in [9.17, 15) is 9.50 Å². The van der Waals surface area contributed by atoms with Crippen molar-refractivity contribution in [1.29, 1.82) is 0 Å². The van der Waals surface area contributed by atoms with E-state index in [0.717, 1.165) is 0 Å². The molecule has 0 spiro atoms. The van der Waals surface area contributed by atoms with Gasteiger partial charge in [0.05, 0.1) is 0 Å². The van der Waals surface area contributed by atoms with E-state index in [1.165, 1.54) is 12.1 Å². The summed E-state index contributed by atoms with van der Waals surface area (Å²) in [6, 6.07) is 9.26. The van der Waals surface area contributed by atoms with Crippen molar-refractivity contribution in [3.8, 4) is 11.5 Å². The summed E-state index contributed by atoms with van der Waals surface area (Å²) in [6.07, 6.45) is -0.720. The number of alkyl halides is 1. The van der Waals surface area contributed by atoms with Gasteiger partial charge in [0.15, 0.2) is 11.8 Å². The highest BCUT2D eigenvalue weighted by Crippen LogP contribution is 2.46. The van der Waals surface area contributed by atoms with Crippen molar-refractivity contribution in [3.63, 3.8) is 0 Å². The van der Waals surface area contributed by atoms with Crippen molar-refractivity contribution in [3.05, 3.63) is 58.9 Å². The molecule has 3 rings (SSSR count). The summed E-state index contributed by atoms with van der Waals surface area (Å²) in [7, 11) is 1.67. The molecule has 5 heteroatoms. The maximum atomic E-state index is 15.5. The monoisotopic (exact) mass is 319 g/mol. The van der Waals surface area contributed by atoms with E-state index in [0.29, 0.717) is 22.4 Å². The number of hydrogen-bond donors (Lipinski definition) is 2. The third kappa shape index (κ3) is 2.77. The minimum atomic E-state index is -1.66. The zero-order valence-corrected chi connectivity index (χ0v) is 13.1. The number of phenols is 1. The van der Waals surface area contributed by atoms with E-state index < -0.39 is 11.8 Å². The Bertz CT molecular complexity index is 735. The molecular weight excluding hydrogens is 300 g/mol. The minimum absolute atomic E-state index is 0.0955. The number of rotatable bonds is 4. The molecule has 2 atom stereocenters. The molecule has 2 aromatic rings. The lowest BCUT2D eigenvalue weighted by atomic mass is 9.99. The highest BCUT2D eigenvalue weighted by atomic mass is 19.1. The number of halogens is 2. The smallest absolute Gasteiger partial charge is 0.168 e. The maximum Gasteiger partial charge on any atom is 0.168 e. The van der Waals surface area contributed by atoms with Crippen LogP contribution in [0.25, 0.3) is 0 Å². The average Bonchev–Trinajstić information content (AvgIpc) is 2.75. The Labute approximate surface area is 133 Å². The predicted octanol–water partition coefficient (Wildman–Crippen LogP) is 3.44. The second-order valence-corrected chi connectivity index (χ2v) is 5.99. The summed E-state index contributed by atoms with van der Waals surface area (Å²) in [6.45, 7) is 1.71. The Morgan fingerprint density at radius 2 is 2.13 bits per heavy atom. The topological polar surface area (TPSA) is 41.5 Å². The van der Waals surface area contributed by atoms with Gasteiger partial charge in [-0.3, -0.25) is 0 Å². The first-order valence-electron chi connectivity index (χ1n) is 7.52. The van der Waals surface area contributed by atoms with Crippen molar-refractivity contribution in [2.75, 3.05) is 13.6 Å². The summed E-state index contributed by atoms with van der Waals surface area (Å²) in [5.74, 6) is 0.0386. The van der Waals surface area contributed by atoms with Gasteiger partial charge in [-0.1, -0.05) is 12.1 Å². The van der Waals surface area contributed by atoms with Gasteiger partial charge in [0.1, 0.15) is 17.3 Å². The van der Waals surface area contributed by atoms with Gasteiger partial charge in [0, 0.05) is 18.5 Å². The second kappa shape index (κ2) is 5.81. The normalized spacial score (nSPS) is 22.9. The Morgan fingerprint density at radius 3 is 2.87 bits per heavy atom. The van der Waals surface area contributed by atoms with Gasteiger partial charge in [-0.2, -0.15) is 0 Å². The van der Waals surface area contributed by atoms with Gasteiger partial charge in [-0.15, -0.1) is 0 Å². The van der Waals surface area contributed by atoms with Crippen molar-refractivity contribution >= 4 is 0 Å². The number of ether oxygens (including phenoxy) is 1. The van der Waals surface area contributed by atoms with Gasteiger partial charge in [0.2, 0.25) is 0 Å². The first kappa shape index (κ1) is 15.7. The highest BCUT2D eigenvalue weighted by Gasteiger charge is 2.48. The zero-order chi connectivity index (χ0) is 16.6. The molecule has 0 radical (unpaired) electrons. The fraction of sp³-hybridized carbons (Fsp3) is 0.333. The fourth-order valence-corrected chi connectivity index (χ4v) is 3.15. The first-order chi connectivity index (χ1) is 10.9. The van der Waals surface area contributed by atoms with Crippen LogP contribution in [0.3, 0.4) is 0 Å². The van der Waals surface area contributed by atoms with Crippen LogP contribution >= 0.6 is 0 Å². The summed E-state index contributed by atoms with van der Waals surface area (Å²) in [5.41, 5.74) is 0.0847. The van der Waals surface area contributed by atoms with E-state index in [4.69, 9.17) is 4.74 Å². The number of hydrogen-bond acceptors (Lipinski definition) is 3. The van der Waals surface area contributed by atoms with Crippen molar-refractivity contribution < 1.29 is 18.6 Å². The zero-order valence-electron chi connectivity index (χ0n) is 13.1. The number of nitrogens with one attached hydrogen (secondary N) is 1. The third-order valence-corrected chi connectivity index (χ3v) is 4.30. The summed E-state index contributed by atoms with van der Waals surface area (Å²) < 4.78 is 35.1. The average molecular weight is 319 g/mol. The van der Waals surface area contributed by atoms with Crippen LogP contribution in [0.5, 0.6) is 11.5 Å². The summed E-state index contributed by atoms with van der Waals surface area (Å²) >= 11 is 0. The number of fused-ring (bicyclic) bond motifs is 1. The molecule has 3 nitrogen and oxygen atoms in total. The number of aromatic hydroxyl groups is 1. The largest absolute Gasteiger partial charge is 0.508 e. The molecule has 0 aliphatic heterocycles. The molecule has 2 aromatic carbocycles. The molecule has 0 saturated carbocycles. The van der Waals surface area contributed by atoms with Gasteiger partial charge in [-0.25, -0.2) is 8.78 Å². The quantitative estimate of drug-likeness (QED) is 0.907. The van der Waals surface area contributed by atoms with Gasteiger partial charge >= 0.3 is 0 Å². The molecule has 0 bridgehead atoms. The standard InChI is InChI=1S/C18H19F2NO2/c1-11-15(19)4-3-5-16(11)23-17-14-7-6-13(22)8-12(14)9-18(17,20)10-21-2/h3-8,17,21-22H,9-10H2,1-2H3. The molecular formula is C18H19F2NO2. The highest BCUT2D eigenvalue weighted by molar-refractivity contribution is 5.44. The predicted molar refractivity (Wildman–Crippen MR) is 84.1 cm³/mol. The van der Waals surface area contributed by atoms with Crippen molar-refractivity contribution in [2.45, 2.75) is 25.1 Å². The van der Waals surface area contributed by atoms with E-state index >= 15 is 4.39 Å². The SMILES string of the molecule is CNCC1(F)Cc2cc(O)ccc2C1Oc1cccc(F)c1C. The van der Waals surface area contributed by atoms with Crippen molar-refractivity contribution in [2.24, 2.45) is 0 Å². The van der Waals surface area contributed by atoms with Crippen LogP contribution in [0.2, 0.25) is 0 Å². The number of phenolic OH excluding ortho intramolecular Hbond substituents is 1. The minimum Gasteiger partial charge on any atom is -0.508 e. The van der Waals surface area contributed by atoms with Gasteiger partial charge in [-0.05, 0) is 49.4 Å². The first-order valence-corrected chi connectivity index (χ1v) is 7.52. The molecule has 23 heavy (non-hydrogen) atoms. The molecule has 0 aromatic heterocycles. The van der Waals surface area contributed by atoms with E-state index in [1.54, 1.807) is 38.2 Å². The second-order valence-electron chi connectivity index (χ2n) is 5.99. The Morgan fingerprint density at radius 1 is 1.35 bits per heavy atom. The van der Waals surface area contributed by atoms with Crippen LogP contribution in [0.4, 0.5) is 8.78 Å². The van der Waals surface area contributed by atoms with Crippen LogP contribution in [0, 0.1) is 12.7 Å². The Balaban J connectivity index is 2.02. The lowest BCUT2D eigenvalue weighted by molar-refractivity contribution is 0.0226. The third-order valence-electron chi connectivity index (χ3n) is 4.30. The number of benzene rings is 2.